The average molecular weight is 258 g/mol. The van der Waals surface area contributed by atoms with E-state index in [-0.39, 0.29) is 5.75 Å². The summed E-state index contributed by atoms with van der Waals surface area (Å²) in [6.45, 7) is 4.66. The lowest BCUT2D eigenvalue weighted by atomic mass is 10.2. The van der Waals surface area contributed by atoms with Gasteiger partial charge in [-0.2, -0.15) is 5.10 Å². The molecular formula is C14H18N4O. The van der Waals surface area contributed by atoms with Crippen LogP contribution >= 0.6 is 0 Å². The molecule has 0 aliphatic heterocycles. The van der Waals surface area contributed by atoms with Crippen molar-refractivity contribution in [2.24, 2.45) is 0 Å². The van der Waals surface area contributed by atoms with Gasteiger partial charge >= 0.3 is 0 Å². The summed E-state index contributed by atoms with van der Waals surface area (Å²) in [7, 11) is 0. The number of rotatable bonds is 5. The summed E-state index contributed by atoms with van der Waals surface area (Å²) >= 11 is 0. The Balaban J connectivity index is 2.07. The van der Waals surface area contributed by atoms with Crippen LogP contribution in [0.15, 0.2) is 24.3 Å². The number of benzene rings is 1. The molecule has 5 heteroatoms. The number of aromatic nitrogens is 3. The van der Waals surface area contributed by atoms with Crippen LogP contribution in [0.3, 0.4) is 0 Å². The van der Waals surface area contributed by atoms with Gasteiger partial charge in [0.2, 0.25) is 5.95 Å². The second-order valence-electron chi connectivity index (χ2n) is 4.26. The van der Waals surface area contributed by atoms with Crippen molar-refractivity contribution >= 4 is 5.95 Å². The minimum atomic E-state index is 0.258. The van der Waals surface area contributed by atoms with Crippen LogP contribution in [0.1, 0.15) is 30.8 Å². The molecule has 5 nitrogen and oxygen atoms in total. The number of anilines is 1. The van der Waals surface area contributed by atoms with E-state index >= 15 is 0 Å². The Morgan fingerprint density at radius 3 is 2.58 bits per heavy atom. The second-order valence-corrected chi connectivity index (χ2v) is 4.26. The molecule has 2 rings (SSSR count). The topological polar surface area (TPSA) is 70.9 Å². The maximum Gasteiger partial charge on any atom is 0.243 e. The van der Waals surface area contributed by atoms with Crippen molar-refractivity contribution in [2.45, 2.75) is 33.2 Å². The van der Waals surface area contributed by atoms with E-state index in [1.807, 2.05) is 19.1 Å². The van der Waals surface area contributed by atoms with Gasteiger partial charge in [0.25, 0.3) is 0 Å². The van der Waals surface area contributed by atoms with E-state index in [0.717, 1.165) is 29.8 Å². The number of nitrogens with one attached hydrogen (secondary N) is 1. The summed E-state index contributed by atoms with van der Waals surface area (Å²) in [5, 5.41) is 20.7. The van der Waals surface area contributed by atoms with E-state index < -0.39 is 0 Å². The van der Waals surface area contributed by atoms with Gasteiger partial charge in [-0.15, -0.1) is 5.10 Å². The molecule has 0 bridgehead atoms. The van der Waals surface area contributed by atoms with E-state index in [1.165, 1.54) is 0 Å². The Morgan fingerprint density at radius 2 is 1.89 bits per heavy atom. The third kappa shape index (κ3) is 3.40. The fraction of sp³-hybridized carbons (Fsp3) is 0.357. The zero-order valence-electron chi connectivity index (χ0n) is 11.2. The molecule has 0 aliphatic rings. The van der Waals surface area contributed by atoms with Gasteiger partial charge in [-0.05, 0) is 30.5 Å². The van der Waals surface area contributed by atoms with Gasteiger partial charge in [0.15, 0.2) is 0 Å². The highest BCUT2D eigenvalue weighted by Crippen LogP contribution is 2.12. The van der Waals surface area contributed by atoms with Crippen molar-refractivity contribution in [3.63, 3.8) is 0 Å². The van der Waals surface area contributed by atoms with Crippen LogP contribution in [0.5, 0.6) is 5.75 Å². The lowest BCUT2D eigenvalue weighted by Crippen LogP contribution is -2.09. The average Bonchev–Trinajstić information content (AvgIpc) is 2.45. The Hall–Kier alpha value is -2.17. The molecule has 0 amide bonds. The number of nitrogens with zero attached hydrogens (tertiary/aromatic N) is 3. The first-order valence-corrected chi connectivity index (χ1v) is 6.47. The summed E-state index contributed by atoms with van der Waals surface area (Å²) < 4.78 is 0. The molecule has 0 fully saturated rings. The van der Waals surface area contributed by atoms with Crippen LogP contribution in [-0.4, -0.2) is 20.3 Å². The first kappa shape index (κ1) is 13.3. The molecule has 2 aromatic rings. The van der Waals surface area contributed by atoms with Crippen molar-refractivity contribution in [1.82, 2.24) is 15.2 Å². The van der Waals surface area contributed by atoms with E-state index in [9.17, 15) is 5.11 Å². The molecular weight excluding hydrogens is 240 g/mol. The fourth-order valence-electron chi connectivity index (χ4n) is 1.86. The third-order valence-corrected chi connectivity index (χ3v) is 2.87. The first-order chi connectivity index (χ1) is 9.22. The minimum Gasteiger partial charge on any atom is -0.508 e. The largest absolute Gasteiger partial charge is 0.508 e. The van der Waals surface area contributed by atoms with Gasteiger partial charge < -0.3 is 10.4 Å². The molecule has 2 N–H and O–H groups in total. The van der Waals surface area contributed by atoms with Crippen LogP contribution in [0.4, 0.5) is 5.95 Å². The number of phenols is 1. The molecule has 0 aliphatic carbocycles. The van der Waals surface area contributed by atoms with Crippen LogP contribution in [-0.2, 0) is 19.4 Å². The van der Waals surface area contributed by atoms with Crippen LogP contribution < -0.4 is 5.32 Å². The van der Waals surface area contributed by atoms with Gasteiger partial charge in [0, 0.05) is 6.54 Å². The zero-order valence-corrected chi connectivity index (χ0v) is 11.2. The number of phenolic OH excluding ortho intramolecular Hbond substituents is 1. The smallest absolute Gasteiger partial charge is 0.243 e. The van der Waals surface area contributed by atoms with E-state index in [2.05, 4.69) is 27.4 Å². The quantitative estimate of drug-likeness (QED) is 0.861. The van der Waals surface area contributed by atoms with Crippen LogP contribution in [0, 0.1) is 0 Å². The summed E-state index contributed by atoms with van der Waals surface area (Å²) in [5.74, 6) is 0.784. The van der Waals surface area contributed by atoms with Crippen molar-refractivity contribution < 1.29 is 5.11 Å². The number of hydrogen-bond donors (Lipinski definition) is 2. The molecule has 1 heterocycles. The highest BCUT2D eigenvalue weighted by atomic mass is 16.3. The number of aryl methyl sites for hydroxylation is 2. The van der Waals surface area contributed by atoms with Gasteiger partial charge in [-0.1, -0.05) is 26.0 Å². The molecule has 0 unspecified atom stereocenters. The Kier molecular flexibility index (Phi) is 4.28. The zero-order chi connectivity index (χ0) is 13.7. The standard InChI is InChI=1S/C14H18N4O/c1-3-12-13(4-2)17-18-14(16-12)15-9-10-6-5-7-11(19)8-10/h5-8,19H,3-4,9H2,1-2H3,(H,15,16,18). The predicted molar refractivity (Wildman–Crippen MR) is 74.0 cm³/mol. The molecule has 1 aromatic carbocycles. The molecule has 0 saturated carbocycles. The summed E-state index contributed by atoms with van der Waals surface area (Å²) in [6.07, 6.45) is 1.69. The third-order valence-electron chi connectivity index (χ3n) is 2.87. The van der Waals surface area contributed by atoms with Crippen LogP contribution in [0.2, 0.25) is 0 Å². The van der Waals surface area contributed by atoms with Gasteiger partial charge in [-0.3, -0.25) is 0 Å². The number of aromatic hydroxyl groups is 1. The normalized spacial score (nSPS) is 10.4. The summed E-state index contributed by atoms with van der Waals surface area (Å²) in [5.41, 5.74) is 2.91. The van der Waals surface area contributed by atoms with E-state index in [4.69, 9.17) is 0 Å². The van der Waals surface area contributed by atoms with Crippen molar-refractivity contribution in [2.75, 3.05) is 5.32 Å². The van der Waals surface area contributed by atoms with E-state index in [0.29, 0.717) is 12.5 Å². The molecule has 0 spiro atoms. The second kappa shape index (κ2) is 6.13. The van der Waals surface area contributed by atoms with Gasteiger partial charge in [0.05, 0.1) is 11.4 Å². The van der Waals surface area contributed by atoms with E-state index in [1.54, 1.807) is 12.1 Å². The highest BCUT2D eigenvalue weighted by Gasteiger charge is 2.05. The lowest BCUT2D eigenvalue weighted by Gasteiger charge is -2.08. The first-order valence-electron chi connectivity index (χ1n) is 6.47. The monoisotopic (exact) mass is 258 g/mol. The molecule has 100 valence electrons. The minimum absolute atomic E-state index is 0.258. The number of hydrogen-bond acceptors (Lipinski definition) is 5. The van der Waals surface area contributed by atoms with Gasteiger partial charge in [-0.25, -0.2) is 4.98 Å². The molecule has 19 heavy (non-hydrogen) atoms. The highest BCUT2D eigenvalue weighted by molar-refractivity contribution is 5.32. The van der Waals surface area contributed by atoms with Crippen molar-refractivity contribution in [3.05, 3.63) is 41.2 Å². The molecule has 1 aromatic heterocycles. The predicted octanol–water partition coefficient (Wildman–Crippen LogP) is 2.31. The Labute approximate surface area is 112 Å². The Bertz CT molecular complexity index is 557. The van der Waals surface area contributed by atoms with Crippen molar-refractivity contribution in [3.8, 4) is 5.75 Å². The molecule has 0 atom stereocenters. The summed E-state index contributed by atoms with van der Waals surface area (Å²) in [4.78, 5) is 4.45. The maximum atomic E-state index is 9.39. The van der Waals surface area contributed by atoms with Gasteiger partial charge in [0.1, 0.15) is 5.75 Å². The lowest BCUT2D eigenvalue weighted by molar-refractivity contribution is 0.474. The molecule has 0 radical (unpaired) electrons. The summed E-state index contributed by atoms with van der Waals surface area (Å²) in [6, 6.07) is 7.10. The maximum absolute atomic E-state index is 9.39. The van der Waals surface area contributed by atoms with Crippen molar-refractivity contribution in [1.29, 1.82) is 0 Å². The molecule has 0 saturated heterocycles. The van der Waals surface area contributed by atoms with Crippen LogP contribution in [0.25, 0.3) is 0 Å². The fourth-order valence-corrected chi connectivity index (χ4v) is 1.86. The SMILES string of the molecule is CCc1nnc(NCc2cccc(O)c2)nc1CC. The Morgan fingerprint density at radius 1 is 1.11 bits per heavy atom.